The van der Waals surface area contributed by atoms with Crippen molar-refractivity contribution in [2.45, 2.75) is 20.3 Å². The predicted octanol–water partition coefficient (Wildman–Crippen LogP) is 3.42. The van der Waals surface area contributed by atoms with Crippen molar-refractivity contribution in [3.8, 4) is 0 Å². The van der Waals surface area contributed by atoms with Gasteiger partial charge in [0.2, 0.25) is 17.2 Å². The van der Waals surface area contributed by atoms with Crippen molar-refractivity contribution in [2.75, 3.05) is 17.2 Å². The van der Waals surface area contributed by atoms with Gasteiger partial charge in [-0.1, -0.05) is 20.3 Å². The van der Waals surface area contributed by atoms with Crippen molar-refractivity contribution < 1.29 is 9.90 Å². The van der Waals surface area contributed by atoms with E-state index in [1.54, 1.807) is 12.1 Å². The second kappa shape index (κ2) is 7.73. The van der Waals surface area contributed by atoms with Crippen LogP contribution in [0.5, 0.6) is 0 Å². The summed E-state index contributed by atoms with van der Waals surface area (Å²) in [6, 6.07) is 6.26. The van der Waals surface area contributed by atoms with Gasteiger partial charge < -0.3 is 15.7 Å². The van der Waals surface area contributed by atoms with Crippen molar-refractivity contribution in [3.63, 3.8) is 0 Å². The number of hydrogen-bond acceptors (Lipinski definition) is 6. The summed E-state index contributed by atoms with van der Waals surface area (Å²) in [6.45, 7) is 4.98. The monoisotopic (exact) mass is 335 g/mol. The number of benzene rings is 1. The molecular weight excluding hydrogens is 318 g/mol. The third-order valence-electron chi connectivity index (χ3n) is 3.30. The maximum absolute atomic E-state index is 10.8. The van der Waals surface area contributed by atoms with E-state index in [0.717, 1.165) is 13.0 Å². The van der Waals surface area contributed by atoms with E-state index >= 15 is 0 Å². The van der Waals surface area contributed by atoms with Gasteiger partial charge in [0.15, 0.2) is 0 Å². The molecule has 2 rings (SSSR count). The van der Waals surface area contributed by atoms with E-state index in [-0.39, 0.29) is 10.8 Å². The second-order valence-corrected chi connectivity index (χ2v) is 5.49. The fourth-order valence-corrected chi connectivity index (χ4v) is 1.88. The fraction of sp³-hybridized carbons (Fsp3) is 0.333. The normalized spacial score (nSPS) is 11.8. The van der Waals surface area contributed by atoms with Gasteiger partial charge in [0, 0.05) is 12.2 Å². The molecule has 2 aromatic rings. The van der Waals surface area contributed by atoms with Gasteiger partial charge in [0.1, 0.15) is 0 Å². The first-order valence-electron chi connectivity index (χ1n) is 7.23. The first kappa shape index (κ1) is 17.0. The molecule has 122 valence electrons. The average Bonchev–Trinajstić information content (AvgIpc) is 2.52. The lowest BCUT2D eigenvalue weighted by Crippen LogP contribution is -2.13. The Hall–Kier alpha value is -2.41. The Bertz CT molecular complexity index is 678. The van der Waals surface area contributed by atoms with Crippen LogP contribution in [0.1, 0.15) is 30.6 Å². The highest BCUT2D eigenvalue weighted by atomic mass is 35.5. The van der Waals surface area contributed by atoms with E-state index in [1.165, 1.54) is 12.1 Å². The van der Waals surface area contributed by atoms with Gasteiger partial charge in [-0.25, -0.2) is 4.79 Å². The van der Waals surface area contributed by atoms with Crippen LogP contribution in [-0.4, -0.2) is 32.6 Å². The number of carbonyl (C=O) groups is 1. The lowest BCUT2D eigenvalue weighted by molar-refractivity contribution is 0.0697. The number of aromatic nitrogens is 3. The highest BCUT2D eigenvalue weighted by molar-refractivity contribution is 6.28. The van der Waals surface area contributed by atoms with Gasteiger partial charge >= 0.3 is 5.97 Å². The van der Waals surface area contributed by atoms with Crippen molar-refractivity contribution in [1.29, 1.82) is 0 Å². The number of carboxylic acids is 1. The Morgan fingerprint density at radius 1 is 1.22 bits per heavy atom. The van der Waals surface area contributed by atoms with Gasteiger partial charge in [0.05, 0.1) is 5.56 Å². The topological polar surface area (TPSA) is 100 Å². The molecule has 0 bridgehead atoms. The number of rotatable bonds is 7. The van der Waals surface area contributed by atoms with Crippen LogP contribution in [0, 0.1) is 5.92 Å². The molecule has 7 nitrogen and oxygen atoms in total. The van der Waals surface area contributed by atoms with Crippen LogP contribution in [0.4, 0.5) is 17.6 Å². The van der Waals surface area contributed by atoms with Gasteiger partial charge in [0.25, 0.3) is 0 Å². The highest BCUT2D eigenvalue weighted by Crippen LogP contribution is 2.17. The molecule has 1 unspecified atom stereocenters. The largest absolute Gasteiger partial charge is 0.478 e. The SMILES string of the molecule is CCC(C)CNc1nc(Cl)nc(Nc2ccc(C(=O)O)cc2)n1. The zero-order chi connectivity index (χ0) is 16.8. The predicted molar refractivity (Wildman–Crippen MR) is 89.5 cm³/mol. The third-order valence-corrected chi connectivity index (χ3v) is 3.47. The van der Waals surface area contributed by atoms with Crippen molar-refractivity contribution in [3.05, 3.63) is 35.1 Å². The number of hydrogen-bond donors (Lipinski definition) is 3. The molecule has 3 N–H and O–H groups in total. The molecule has 1 aromatic carbocycles. The third kappa shape index (κ3) is 5.07. The molecular formula is C15H18ClN5O2. The summed E-state index contributed by atoms with van der Waals surface area (Å²) in [5.74, 6) is 0.205. The summed E-state index contributed by atoms with van der Waals surface area (Å²) in [5.41, 5.74) is 0.866. The van der Waals surface area contributed by atoms with E-state index in [1.807, 2.05) is 0 Å². The quantitative estimate of drug-likeness (QED) is 0.712. The molecule has 1 aromatic heterocycles. The fourth-order valence-electron chi connectivity index (χ4n) is 1.72. The van der Waals surface area contributed by atoms with Crippen molar-refractivity contribution in [1.82, 2.24) is 15.0 Å². The Kier molecular flexibility index (Phi) is 5.70. The lowest BCUT2D eigenvalue weighted by Gasteiger charge is -2.11. The van der Waals surface area contributed by atoms with Gasteiger partial charge in [-0.3, -0.25) is 0 Å². The van der Waals surface area contributed by atoms with Crippen LogP contribution in [0.3, 0.4) is 0 Å². The van der Waals surface area contributed by atoms with Crippen LogP contribution in [0.15, 0.2) is 24.3 Å². The molecule has 0 aliphatic heterocycles. The van der Waals surface area contributed by atoms with Crippen LogP contribution in [0.25, 0.3) is 0 Å². The van der Waals surface area contributed by atoms with Crippen molar-refractivity contribution >= 4 is 35.2 Å². The number of aromatic carboxylic acids is 1. The Balaban J connectivity index is 2.10. The Morgan fingerprint density at radius 3 is 2.48 bits per heavy atom. The summed E-state index contributed by atoms with van der Waals surface area (Å²) in [7, 11) is 0. The second-order valence-electron chi connectivity index (χ2n) is 5.15. The molecule has 0 spiro atoms. The van der Waals surface area contributed by atoms with Crippen LogP contribution in [0.2, 0.25) is 5.28 Å². The van der Waals surface area contributed by atoms with E-state index in [4.69, 9.17) is 16.7 Å². The molecule has 0 fully saturated rings. The molecule has 0 saturated heterocycles. The molecule has 1 atom stereocenters. The van der Waals surface area contributed by atoms with Crippen LogP contribution >= 0.6 is 11.6 Å². The standard InChI is InChI=1S/C15H18ClN5O2/c1-3-9(2)8-17-14-19-13(16)20-15(21-14)18-11-6-4-10(5-7-11)12(22)23/h4-7,9H,3,8H2,1-2H3,(H,22,23)(H2,17,18,19,20,21). The van der Waals surface area contributed by atoms with E-state index in [2.05, 4.69) is 39.4 Å². The number of carboxylic acid groups (broad SMARTS) is 1. The number of halogens is 1. The summed E-state index contributed by atoms with van der Waals surface area (Å²) in [6.07, 6.45) is 1.05. The first-order chi connectivity index (χ1) is 11.0. The zero-order valence-corrected chi connectivity index (χ0v) is 13.6. The van der Waals surface area contributed by atoms with Gasteiger partial charge in [-0.15, -0.1) is 0 Å². The maximum atomic E-state index is 10.8. The summed E-state index contributed by atoms with van der Waals surface area (Å²) >= 11 is 5.91. The molecule has 0 saturated carbocycles. The highest BCUT2D eigenvalue weighted by Gasteiger charge is 2.07. The number of nitrogens with zero attached hydrogens (tertiary/aromatic N) is 3. The minimum atomic E-state index is -0.976. The smallest absolute Gasteiger partial charge is 0.335 e. The minimum Gasteiger partial charge on any atom is -0.478 e. The van der Waals surface area contributed by atoms with Crippen molar-refractivity contribution in [2.24, 2.45) is 5.92 Å². The molecule has 23 heavy (non-hydrogen) atoms. The van der Waals surface area contributed by atoms with Crippen LogP contribution in [-0.2, 0) is 0 Å². The molecule has 1 heterocycles. The average molecular weight is 336 g/mol. The van der Waals surface area contributed by atoms with E-state index < -0.39 is 5.97 Å². The number of anilines is 3. The Labute approximate surface area is 139 Å². The van der Waals surface area contributed by atoms with E-state index in [0.29, 0.717) is 23.5 Å². The summed E-state index contributed by atoms with van der Waals surface area (Å²) in [5, 5.41) is 15.1. The molecule has 0 radical (unpaired) electrons. The summed E-state index contributed by atoms with van der Waals surface area (Å²) in [4.78, 5) is 23.1. The molecule has 0 aliphatic rings. The summed E-state index contributed by atoms with van der Waals surface area (Å²) < 4.78 is 0. The van der Waals surface area contributed by atoms with E-state index in [9.17, 15) is 4.79 Å². The molecule has 8 heteroatoms. The Morgan fingerprint density at radius 2 is 1.87 bits per heavy atom. The van der Waals surface area contributed by atoms with Gasteiger partial charge in [-0.2, -0.15) is 15.0 Å². The minimum absolute atomic E-state index is 0.0799. The first-order valence-corrected chi connectivity index (χ1v) is 7.61. The molecule has 0 amide bonds. The maximum Gasteiger partial charge on any atom is 0.335 e. The van der Waals surface area contributed by atoms with Crippen LogP contribution < -0.4 is 10.6 Å². The lowest BCUT2D eigenvalue weighted by atomic mass is 10.1. The van der Waals surface area contributed by atoms with Gasteiger partial charge in [-0.05, 0) is 41.8 Å². The number of nitrogens with one attached hydrogen (secondary N) is 2. The molecule has 0 aliphatic carbocycles. The zero-order valence-electron chi connectivity index (χ0n) is 12.9.